The van der Waals surface area contributed by atoms with Gasteiger partial charge in [-0.25, -0.2) is 9.37 Å². The lowest BCUT2D eigenvalue weighted by atomic mass is 10.1. The number of anilines is 1. The summed E-state index contributed by atoms with van der Waals surface area (Å²) in [6.45, 7) is 2.08. The molecule has 0 saturated carbocycles. The van der Waals surface area contributed by atoms with Gasteiger partial charge in [0.25, 0.3) is 5.91 Å². The molecule has 9 heteroatoms. The average molecular weight is 509 g/mol. The Bertz CT molecular complexity index is 1300. The number of methoxy groups -OCH3 is 2. The van der Waals surface area contributed by atoms with Gasteiger partial charge in [0.15, 0.2) is 0 Å². The van der Waals surface area contributed by atoms with Gasteiger partial charge in [0.2, 0.25) is 5.91 Å². The molecule has 8 nitrogen and oxygen atoms in total. The van der Waals surface area contributed by atoms with Crippen molar-refractivity contribution in [1.29, 1.82) is 0 Å². The van der Waals surface area contributed by atoms with E-state index in [1.807, 2.05) is 30.0 Å². The molecule has 196 valence electrons. The van der Waals surface area contributed by atoms with E-state index in [1.54, 1.807) is 36.3 Å². The van der Waals surface area contributed by atoms with Crippen LogP contribution in [0, 0.1) is 5.82 Å². The second-order valence-corrected chi connectivity index (χ2v) is 9.33. The van der Waals surface area contributed by atoms with Gasteiger partial charge >= 0.3 is 0 Å². The van der Waals surface area contributed by atoms with Crippen LogP contribution in [0.25, 0.3) is 10.9 Å². The van der Waals surface area contributed by atoms with E-state index in [1.165, 1.54) is 19.2 Å². The van der Waals surface area contributed by atoms with Crippen molar-refractivity contribution in [2.75, 3.05) is 52.8 Å². The Hall–Kier alpha value is -3.88. The van der Waals surface area contributed by atoms with Crippen LogP contribution in [0.15, 0.2) is 42.5 Å². The minimum atomic E-state index is -0.350. The minimum Gasteiger partial charge on any atom is -0.497 e. The number of rotatable bonds is 10. The minimum absolute atomic E-state index is 0.163. The van der Waals surface area contributed by atoms with Crippen LogP contribution in [0.5, 0.6) is 11.5 Å². The van der Waals surface area contributed by atoms with E-state index in [2.05, 4.69) is 4.98 Å². The molecule has 0 radical (unpaired) electrons. The third kappa shape index (κ3) is 5.93. The smallest absolute Gasteiger partial charge is 0.257 e. The van der Waals surface area contributed by atoms with E-state index >= 15 is 0 Å². The zero-order valence-corrected chi connectivity index (χ0v) is 21.8. The summed E-state index contributed by atoms with van der Waals surface area (Å²) < 4.78 is 24.6. The van der Waals surface area contributed by atoms with Gasteiger partial charge in [0, 0.05) is 69.8 Å². The molecule has 0 spiro atoms. The number of pyridine rings is 1. The van der Waals surface area contributed by atoms with Crippen molar-refractivity contribution in [2.24, 2.45) is 0 Å². The highest BCUT2D eigenvalue weighted by Gasteiger charge is 2.24. The van der Waals surface area contributed by atoms with Crippen LogP contribution < -0.4 is 14.4 Å². The molecule has 2 amide bonds. The molecule has 1 aliphatic rings. The fourth-order valence-corrected chi connectivity index (χ4v) is 4.67. The SMILES string of the molecule is COc1ccc(C(=O)N(CCCN2CCCC2=O)Cc2cc3ccc(F)cc3nc2N(C)C)c(OC)c1. The first-order valence-electron chi connectivity index (χ1n) is 12.4. The van der Waals surface area contributed by atoms with Crippen molar-refractivity contribution >= 4 is 28.5 Å². The summed E-state index contributed by atoms with van der Waals surface area (Å²) in [6.07, 6.45) is 2.10. The molecule has 4 rings (SSSR count). The zero-order valence-electron chi connectivity index (χ0n) is 21.8. The highest BCUT2D eigenvalue weighted by molar-refractivity contribution is 5.97. The molecule has 1 saturated heterocycles. The van der Waals surface area contributed by atoms with Crippen LogP contribution in [0.4, 0.5) is 10.2 Å². The van der Waals surface area contributed by atoms with Gasteiger partial charge < -0.3 is 24.2 Å². The van der Waals surface area contributed by atoms with Crippen molar-refractivity contribution in [3.05, 3.63) is 59.4 Å². The number of carbonyl (C=O) groups is 2. The van der Waals surface area contributed by atoms with E-state index in [0.29, 0.717) is 54.3 Å². The Morgan fingerprint density at radius 2 is 1.92 bits per heavy atom. The first-order chi connectivity index (χ1) is 17.8. The van der Waals surface area contributed by atoms with Crippen LogP contribution in [0.2, 0.25) is 0 Å². The predicted molar refractivity (Wildman–Crippen MR) is 141 cm³/mol. The number of benzene rings is 2. The number of likely N-dealkylation sites (tertiary alicyclic amines) is 1. The summed E-state index contributed by atoms with van der Waals surface area (Å²) in [5.41, 5.74) is 1.81. The number of halogens is 1. The lowest BCUT2D eigenvalue weighted by Crippen LogP contribution is -2.35. The Morgan fingerprint density at radius 1 is 1.11 bits per heavy atom. The largest absolute Gasteiger partial charge is 0.497 e. The molecular weight excluding hydrogens is 475 g/mol. The lowest BCUT2D eigenvalue weighted by Gasteiger charge is -2.27. The van der Waals surface area contributed by atoms with E-state index in [0.717, 1.165) is 23.9 Å². The normalized spacial score (nSPS) is 13.2. The average Bonchev–Trinajstić information content (AvgIpc) is 3.31. The van der Waals surface area contributed by atoms with Crippen molar-refractivity contribution in [3.63, 3.8) is 0 Å². The number of ether oxygens (including phenoxy) is 2. The van der Waals surface area contributed by atoms with Crippen molar-refractivity contribution in [2.45, 2.75) is 25.8 Å². The summed E-state index contributed by atoms with van der Waals surface area (Å²) in [4.78, 5) is 36.1. The van der Waals surface area contributed by atoms with Gasteiger partial charge in [0.05, 0.1) is 25.3 Å². The molecule has 0 atom stereocenters. The summed E-state index contributed by atoms with van der Waals surface area (Å²) in [7, 11) is 6.82. The first kappa shape index (κ1) is 26.2. The Morgan fingerprint density at radius 3 is 2.59 bits per heavy atom. The molecule has 1 aromatic heterocycles. The lowest BCUT2D eigenvalue weighted by molar-refractivity contribution is -0.127. The van der Waals surface area contributed by atoms with Gasteiger partial charge in [-0.05, 0) is 43.2 Å². The van der Waals surface area contributed by atoms with Crippen molar-refractivity contribution in [3.8, 4) is 11.5 Å². The number of aromatic nitrogens is 1. The van der Waals surface area contributed by atoms with Gasteiger partial charge in [-0.1, -0.05) is 0 Å². The molecule has 2 heterocycles. The van der Waals surface area contributed by atoms with Gasteiger partial charge in [-0.2, -0.15) is 0 Å². The van der Waals surface area contributed by atoms with Gasteiger partial charge in [0.1, 0.15) is 23.1 Å². The standard InChI is InChI=1S/C28H33FN4O4/c1-31(2)27-20(15-19-8-9-21(29)16-24(19)30-27)18-33(14-6-13-32-12-5-7-26(32)34)28(35)23-11-10-22(36-3)17-25(23)37-4/h8-11,15-17H,5-7,12-14,18H2,1-4H3. The second-order valence-electron chi connectivity index (χ2n) is 9.33. The van der Waals surface area contributed by atoms with Crippen molar-refractivity contribution in [1.82, 2.24) is 14.8 Å². The monoisotopic (exact) mass is 508 g/mol. The van der Waals surface area contributed by atoms with Gasteiger partial charge in [-0.3, -0.25) is 9.59 Å². The maximum absolute atomic E-state index is 13.9. The zero-order chi connectivity index (χ0) is 26.5. The van der Waals surface area contributed by atoms with Crippen LogP contribution in [0.1, 0.15) is 35.2 Å². The van der Waals surface area contributed by atoms with Crippen LogP contribution in [0.3, 0.4) is 0 Å². The molecule has 1 fully saturated rings. The molecular formula is C28H33FN4O4. The third-order valence-electron chi connectivity index (χ3n) is 6.57. The Labute approximate surface area is 216 Å². The maximum Gasteiger partial charge on any atom is 0.257 e. The second kappa shape index (κ2) is 11.5. The molecule has 2 aromatic carbocycles. The number of hydrogen-bond acceptors (Lipinski definition) is 6. The Balaban J connectivity index is 1.67. The summed E-state index contributed by atoms with van der Waals surface area (Å²) >= 11 is 0. The van der Waals surface area contributed by atoms with Crippen LogP contribution in [-0.4, -0.2) is 74.5 Å². The third-order valence-corrected chi connectivity index (χ3v) is 6.57. The fourth-order valence-electron chi connectivity index (χ4n) is 4.67. The number of amides is 2. The highest BCUT2D eigenvalue weighted by atomic mass is 19.1. The number of carbonyl (C=O) groups excluding carboxylic acids is 2. The molecule has 3 aromatic rings. The maximum atomic E-state index is 13.9. The van der Waals surface area contributed by atoms with Gasteiger partial charge in [-0.15, -0.1) is 0 Å². The molecule has 0 unspecified atom stereocenters. The predicted octanol–water partition coefficient (Wildman–Crippen LogP) is 4.11. The van der Waals surface area contributed by atoms with E-state index in [9.17, 15) is 14.0 Å². The van der Waals surface area contributed by atoms with E-state index < -0.39 is 0 Å². The summed E-state index contributed by atoms with van der Waals surface area (Å²) in [6, 6.07) is 11.6. The molecule has 0 bridgehead atoms. The highest BCUT2D eigenvalue weighted by Crippen LogP contribution is 2.29. The first-order valence-corrected chi connectivity index (χ1v) is 12.4. The van der Waals surface area contributed by atoms with Crippen LogP contribution in [-0.2, 0) is 11.3 Å². The molecule has 1 aliphatic heterocycles. The Kier molecular flexibility index (Phi) is 8.11. The number of fused-ring (bicyclic) bond motifs is 1. The summed E-state index contributed by atoms with van der Waals surface area (Å²) in [5, 5.41) is 0.791. The van der Waals surface area contributed by atoms with Crippen molar-refractivity contribution < 1.29 is 23.5 Å². The summed E-state index contributed by atoms with van der Waals surface area (Å²) in [5.74, 6) is 1.29. The topological polar surface area (TPSA) is 75.2 Å². The number of nitrogens with zero attached hydrogens (tertiary/aromatic N) is 4. The molecule has 37 heavy (non-hydrogen) atoms. The molecule has 0 N–H and O–H groups in total. The molecule has 0 aliphatic carbocycles. The van der Waals surface area contributed by atoms with Crippen LogP contribution >= 0.6 is 0 Å². The fraction of sp³-hybridized carbons (Fsp3) is 0.393. The van der Waals surface area contributed by atoms with E-state index in [4.69, 9.17) is 9.47 Å². The van der Waals surface area contributed by atoms with E-state index in [-0.39, 0.29) is 24.2 Å². The number of hydrogen-bond donors (Lipinski definition) is 0. The quantitative estimate of drug-likeness (QED) is 0.410.